The van der Waals surface area contributed by atoms with Gasteiger partial charge in [-0.05, 0) is 24.6 Å². The van der Waals surface area contributed by atoms with Crippen LogP contribution in [0.2, 0.25) is 0 Å². The number of carbonyl (C=O) groups is 1. The molecule has 1 aliphatic rings. The van der Waals surface area contributed by atoms with Crippen LogP contribution in [-0.4, -0.2) is 41.1 Å². The summed E-state index contributed by atoms with van der Waals surface area (Å²) in [5.41, 5.74) is 0.0837. The van der Waals surface area contributed by atoms with Crippen molar-refractivity contribution in [3.63, 3.8) is 0 Å². The number of hydrogen-bond acceptors (Lipinski definition) is 5. The first-order valence-electron chi connectivity index (χ1n) is 7.62. The first kappa shape index (κ1) is 16.3. The molecule has 0 saturated heterocycles. The number of esters is 1. The average Bonchev–Trinajstić information content (AvgIpc) is 2.92. The molecule has 0 amide bonds. The molecule has 1 aromatic carbocycles. The summed E-state index contributed by atoms with van der Waals surface area (Å²) in [5, 5.41) is 16.2. The Kier molecular flexibility index (Phi) is 3.96. The lowest BCUT2D eigenvalue weighted by atomic mass is 9.66. The van der Waals surface area contributed by atoms with Crippen molar-refractivity contribution in [2.24, 2.45) is 5.92 Å². The molecule has 0 aliphatic heterocycles. The van der Waals surface area contributed by atoms with Crippen LogP contribution in [0.1, 0.15) is 29.7 Å². The highest BCUT2D eigenvalue weighted by molar-refractivity contribution is 5.77. The number of carbonyl (C=O) groups excluding carboxylic acids is 1. The lowest BCUT2D eigenvalue weighted by Gasteiger charge is -2.40. The van der Waals surface area contributed by atoms with Crippen molar-refractivity contribution in [1.82, 2.24) is 10.2 Å². The van der Waals surface area contributed by atoms with E-state index in [1.807, 2.05) is 0 Å². The molecule has 24 heavy (non-hydrogen) atoms. The first-order valence-corrected chi connectivity index (χ1v) is 7.62. The van der Waals surface area contributed by atoms with Crippen molar-refractivity contribution in [2.75, 3.05) is 14.2 Å². The molecular weight excluding hydrogens is 312 g/mol. The van der Waals surface area contributed by atoms with Gasteiger partial charge in [0, 0.05) is 23.6 Å². The molecule has 3 atom stereocenters. The van der Waals surface area contributed by atoms with Crippen LogP contribution in [0.15, 0.2) is 29.1 Å². The van der Waals surface area contributed by atoms with Gasteiger partial charge >= 0.3 is 5.97 Å². The van der Waals surface area contributed by atoms with Crippen molar-refractivity contribution >= 4 is 5.97 Å². The van der Waals surface area contributed by atoms with Crippen molar-refractivity contribution in [1.29, 1.82) is 0 Å². The summed E-state index contributed by atoms with van der Waals surface area (Å²) in [7, 11) is 2.82. The highest BCUT2D eigenvalue weighted by atomic mass is 16.5. The molecular formula is C17H20N2O5. The normalized spacial score (nSPS) is 25.8. The molecule has 1 aliphatic carbocycles. The predicted molar refractivity (Wildman–Crippen MR) is 86.1 cm³/mol. The van der Waals surface area contributed by atoms with E-state index in [0.717, 1.165) is 0 Å². The number of nitrogens with one attached hydrogen (secondary N) is 2. The minimum atomic E-state index is -1.36. The van der Waals surface area contributed by atoms with E-state index in [2.05, 4.69) is 10.2 Å². The van der Waals surface area contributed by atoms with E-state index in [4.69, 9.17) is 9.47 Å². The molecule has 7 nitrogen and oxygen atoms in total. The Hall–Kier alpha value is -2.54. The third kappa shape index (κ3) is 2.50. The monoisotopic (exact) mass is 332 g/mol. The molecule has 3 rings (SSSR count). The quantitative estimate of drug-likeness (QED) is 0.726. The van der Waals surface area contributed by atoms with Gasteiger partial charge < -0.3 is 19.7 Å². The van der Waals surface area contributed by atoms with Crippen molar-refractivity contribution in [2.45, 2.75) is 24.9 Å². The number of benzene rings is 1. The number of H-pyrrole nitrogens is 2. The van der Waals surface area contributed by atoms with Gasteiger partial charge in [-0.2, -0.15) is 0 Å². The maximum absolute atomic E-state index is 12.4. The summed E-state index contributed by atoms with van der Waals surface area (Å²) < 4.78 is 10.2. The van der Waals surface area contributed by atoms with Crippen molar-refractivity contribution < 1.29 is 19.4 Å². The Morgan fingerprint density at radius 2 is 2.08 bits per heavy atom. The van der Waals surface area contributed by atoms with E-state index in [1.165, 1.54) is 7.11 Å². The van der Waals surface area contributed by atoms with Gasteiger partial charge in [0.1, 0.15) is 5.75 Å². The second kappa shape index (κ2) is 5.83. The molecule has 0 saturated carbocycles. The van der Waals surface area contributed by atoms with Crippen molar-refractivity contribution in [3.8, 4) is 5.75 Å². The molecule has 0 bridgehead atoms. The number of rotatable bonds is 3. The van der Waals surface area contributed by atoms with Gasteiger partial charge in [-0.25, -0.2) is 0 Å². The van der Waals surface area contributed by atoms with Crippen molar-refractivity contribution in [3.05, 3.63) is 51.4 Å². The highest BCUT2D eigenvalue weighted by Gasteiger charge is 2.51. The molecule has 0 fully saturated rings. The van der Waals surface area contributed by atoms with E-state index in [9.17, 15) is 14.7 Å². The maximum Gasteiger partial charge on any atom is 0.312 e. The SMILES string of the molecule is COC(=O)[C@@H]1[C@@H](c2cccc(OC)c2)c2c([nH][nH]c2=O)C[C@@]1(C)O. The topological polar surface area (TPSA) is 104 Å². The fourth-order valence-electron chi connectivity index (χ4n) is 3.58. The van der Waals surface area contributed by atoms with Gasteiger partial charge in [0.25, 0.3) is 5.56 Å². The number of methoxy groups -OCH3 is 2. The van der Waals surface area contributed by atoms with Gasteiger partial charge in [-0.1, -0.05) is 12.1 Å². The summed E-state index contributed by atoms with van der Waals surface area (Å²) in [5.74, 6) is -1.49. The fourth-order valence-corrected chi connectivity index (χ4v) is 3.58. The lowest BCUT2D eigenvalue weighted by Crippen LogP contribution is -2.49. The predicted octanol–water partition coefficient (Wildman–Crippen LogP) is 0.940. The molecule has 1 heterocycles. The molecule has 7 heteroatoms. The summed E-state index contributed by atoms with van der Waals surface area (Å²) in [6.07, 6.45) is 0.154. The minimum Gasteiger partial charge on any atom is -0.497 e. The Bertz CT molecular complexity index is 820. The minimum absolute atomic E-state index is 0.154. The summed E-state index contributed by atoms with van der Waals surface area (Å²) in [6.45, 7) is 1.58. The van der Waals surface area contributed by atoms with Crippen LogP contribution in [0.5, 0.6) is 5.75 Å². The zero-order valence-corrected chi connectivity index (χ0v) is 13.8. The number of aromatic amines is 2. The van der Waals surface area contributed by atoms with Gasteiger partial charge in [0.2, 0.25) is 0 Å². The second-order valence-electron chi connectivity index (χ2n) is 6.26. The Morgan fingerprint density at radius 3 is 2.75 bits per heavy atom. The number of ether oxygens (including phenoxy) is 2. The molecule has 3 N–H and O–H groups in total. The standard InChI is InChI=1S/C17H20N2O5/c1-17(22)8-11-13(15(20)19-18-11)12(14(17)16(21)24-3)9-5-4-6-10(7-9)23-2/h4-7,12,14,22H,8H2,1-3H3,(H2,18,19,20)/t12-,14-,17+/m0/s1. The fraction of sp³-hybridized carbons (Fsp3) is 0.412. The van der Waals surface area contributed by atoms with E-state index in [0.29, 0.717) is 22.6 Å². The maximum atomic E-state index is 12.4. The first-order chi connectivity index (χ1) is 11.4. The van der Waals surface area contributed by atoms with E-state index in [-0.39, 0.29) is 12.0 Å². The smallest absolute Gasteiger partial charge is 0.312 e. The van der Waals surface area contributed by atoms with Crippen LogP contribution in [-0.2, 0) is 16.0 Å². The third-order valence-corrected chi connectivity index (χ3v) is 4.65. The Balaban J connectivity index is 2.25. The Morgan fingerprint density at radius 1 is 1.33 bits per heavy atom. The number of hydrogen-bond donors (Lipinski definition) is 3. The zero-order valence-electron chi connectivity index (χ0n) is 13.8. The number of aromatic nitrogens is 2. The molecule has 0 spiro atoms. The molecule has 0 radical (unpaired) electrons. The molecule has 128 valence electrons. The third-order valence-electron chi connectivity index (χ3n) is 4.65. The number of aliphatic hydroxyl groups is 1. The second-order valence-corrected chi connectivity index (χ2v) is 6.26. The molecule has 1 aromatic heterocycles. The van der Waals surface area contributed by atoms with E-state index < -0.39 is 23.4 Å². The molecule has 0 unspecified atom stereocenters. The van der Waals surface area contributed by atoms with Crippen LogP contribution in [0.4, 0.5) is 0 Å². The zero-order chi connectivity index (χ0) is 17.5. The summed E-state index contributed by atoms with van der Waals surface area (Å²) in [4.78, 5) is 24.7. The van der Waals surface area contributed by atoms with E-state index >= 15 is 0 Å². The van der Waals surface area contributed by atoms with Gasteiger partial charge in [0.05, 0.1) is 25.7 Å². The largest absolute Gasteiger partial charge is 0.497 e. The number of fused-ring (bicyclic) bond motifs is 1. The van der Waals surface area contributed by atoms with Crippen LogP contribution in [0.3, 0.4) is 0 Å². The molecule has 2 aromatic rings. The summed E-state index contributed by atoms with van der Waals surface area (Å²) >= 11 is 0. The highest BCUT2D eigenvalue weighted by Crippen LogP contribution is 2.44. The van der Waals surface area contributed by atoms with Gasteiger partial charge in [-0.3, -0.25) is 14.7 Å². The van der Waals surface area contributed by atoms with Crippen LogP contribution in [0.25, 0.3) is 0 Å². The van der Waals surface area contributed by atoms with Crippen LogP contribution in [0, 0.1) is 5.92 Å². The Labute approximate surface area is 138 Å². The van der Waals surface area contributed by atoms with Crippen LogP contribution >= 0.6 is 0 Å². The van der Waals surface area contributed by atoms with Crippen LogP contribution < -0.4 is 10.3 Å². The lowest BCUT2D eigenvalue weighted by molar-refractivity contribution is -0.156. The van der Waals surface area contributed by atoms with Gasteiger partial charge in [0.15, 0.2) is 0 Å². The average molecular weight is 332 g/mol. The summed E-state index contributed by atoms with van der Waals surface area (Å²) in [6, 6.07) is 7.13. The van der Waals surface area contributed by atoms with E-state index in [1.54, 1.807) is 38.3 Å². The van der Waals surface area contributed by atoms with Gasteiger partial charge in [-0.15, -0.1) is 0 Å².